The highest BCUT2D eigenvalue weighted by Crippen LogP contribution is 2.27. The van der Waals surface area contributed by atoms with E-state index < -0.39 is 5.92 Å². The summed E-state index contributed by atoms with van der Waals surface area (Å²) in [6.07, 6.45) is 0.174. The third kappa shape index (κ3) is 4.74. The summed E-state index contributed by atoms with van der Waals surface area (Å²) >= 11 is 0. The number of hydrogen-bond acceptors (Lipinski definition) is 5. The maximum Gasteiger partial charge on any atom is 0.253 e. The smallest absolute Gasteiger partial charge is 0.253 e. The van der Waals surface area contributed by atoms with E-state index in [1.165, 1.54) is 0 Å². The molecule has 7 nitrogen and oxygen atoms in total. The Labute approximate surface area is 169 Å². The molecule has 0 radical (unpaired) electrons. The number of benzene rings is 2. The molecule has 3 rings (SSSR count). The quantitative estimate of drug-likeness (QED) is 0.756. The van der Waals surface area contributed by atoms with Crippen LogP contribution in [0.25, 0.3) is 0 Å². The van der Waals surface area contributed by atoms with Gasteiger partial charge < -0.3 is 19.7 Å². The summed E-state index contributed by atoms with van der Waals surface area (Å²) in [5, 5.41) is 2.79. The van der Waals surface area contributed by atoms with Gasteiger partial charge in [0.05, 0.1) is 14.2 Å². The number of Topliss-reactive ketones (excluding diaryl/α,β-unsaturated/α-hetero) is 1. The van der Waals surface area contributed by atoms with Gasteiger partial charge in [-0.15, -0.1) is 0 Å². The molecule has 1 saturated heterocycles. The van der Waals surface area contributed by atoms with Crippen LogP contribution in [-0.4, -0.2) is 49.8 Å². The number of hydrogen-bond donors (Lipinski definition) is 1. The summed E-state index contributed by atoms with van der Waals surface area (Å²) in [5.74, 6) is -0.401. The lowest BCUT2D eigenvalue weighted by atomic mass is 9.95. The van der Waals surface area contributed by atoms with Gasteiger partial charge in [-0.2, -0.15) is 0 Å². The van der Waals surface area contributed by atoms with Crippen LogP contribution in [0.4, 0.5) is 0 Å². The molecular formula is C22H24N2O5. The summed E-state index contributed by atoms with van der Waals surface area (Å²) in [6, 6.07) is 14.2. The molecule has 7 heteroatoms. The number of carbonyl (C=O) groups is 3. The molecule has 1 fully saturated rings. The predicted octanol–water partition coefficient (Wildman–Crippen LogP) is 2.05. The van der Waals surface area contributed by atoms with Crippen molar-refractivity contribution in [2.75, 3.05) is 27.3 Å². The van der Waals surface area contributed by atoms with Gasteiger partial charge >= 0.3 is 0 Å². The third-order valence-corrected chi connectivity index (χ3v) is 4.96. The van der Waals surface area contributed by atoms with Crippen molar-refractivity contribution in [1.29, 1.82) is 0 Å². The summed E-state index contributed by atoms with van der Waals surface area (Å²) in [7, 11) is 3.09. The Morgan fingerprint density at radius 1 is 1.07 bits per heavy atom. The minimum atomic E-state index is -0.864. The molecule has 0 aliphatic carbocycles. The van der Waals surface area contributed by atoms with Gasteiger partial charge in [-0.1, -0.05) is 24.3 Å². The first kappa shape index (κ1) is 20.4. The molecule has 2 aromatic carbocycles. The van der Waals surface area contributed by atoms with Gasteiger partial charge in [0.15, 0.2) is 11.5 Å². The summed E-state index contributed by atoms with van der Waals surface area (Å²) in [5.41, 5.74) is 1.36. The zero-order valence-corrected chi connectivity index (χ0v) is 16.5. The van der Waals surface area contributed by atoms with E-state index >= 15 is 0 Å². The highest BCUT2D eigenvalue weighted by atomic mass is 16.5. The number of carbonyl (C=O) groups excluding carboxylic acids is 3. The number of nitrogens with one attached hydrogen (secondary N) is 1. The van der Waals surface area contributed by atoms with Crippen LogP contribution in [0.15, 0.2) is 48.5 Å². The SMILES string of the molecule is COc1ccc(CNC(=O)C2CN(C(=O)c3ccccc3)CCC2=O)cc1OC. The normalized spacial score (nSPS) is 16.3. The van der Waals surface area contributed by atoms with Crippen LogP contribution in [0.2, 0.25) is 0 Å². The Balaban J connectivity index is 1.63. The first-order valence-electron chi connectivity index (χ1n) is 9.39. The topological polar surface area (TPSA) is 84.9 Å². The average Bonchev–Trinajstić information content (AvgIpc) is 2.77. The fraction of sp³-hybridized carbons (Fsp3) is 0.318. The molecular weight excluding hydrogens is 372 g/mol. The molecule has 1 aliphatic heterocycles. The Hall–Kier alpha value is -3.35. The number of ether oxygens (including phenoxy) is 2. The van der Waals surface area contributed by atoms with E-state index in [-0.39, 0.29) is 37.1 Å². The second-order valence-electron chi connectivity index (χ2n) is 6.79. The lowest BCUT2D eigenvalue weighted by Gasteiger charge is -2.31. The van der Waals surface area contributed by atoms with E-state index in [0.29, 0.717) is 23.6 Å². The molecule has 0 aromatic heterocycles. The molecule has 2 amide bonds. The second kappa shape index (κ2) is 9.23. The van der Waals surface area contributed by atoms with Crippen molar-refractivity contribution in [3.63, 3.8) is 0 Å². The lowest BCUT2D eigenvalue weighted by molar-refractivity contribution is -0.136. The van der Waals surface area contributed by atoms with Gasteiger partial charge in [0, 0.05) is 31.6 Å². The fourth-order valence-electron chi connectivity index (χ4n) is 3.31. The average molecular weight is 396 g/mol. The maximum absolute atomic E-state index is 12.6. The molecule has 1 atom stereocenters. The first-order valence-corrected chi connectivity index (χ1v) is 9.39. The Bertz CT molecular complexity index is 897. The Kier molecular flexibility index (Phi) is 6.49. The van der Waals surface area contributed by atoms with Gasteiger partial charge in [-0.25, -0.2) is 0 Å². The zero-order chi connectivity index (χ0) is 20.8. The van der Waals surface area contributed by atoms with Crippen LogP contribution in [0.1, 0.15) is 22.3 Å². The van der Waals surface area contributed by atoms with Crippen LogP contribution >= 0.6 is 0 Å². The number of piperidine rings is 1. The largest absolute Gasteiger partial charge is 0.493 e. The maximum atomic E-state index is 12.6. The first-order chi connectivity index (χ1) is 14.0. The molecule has 152 valence electrons. The number of rotatable bonds is 6. The van der Waals surface area contributed by atoms with Crippen LogP contribution in [0.5, 0.6) is 11.5 Å². The highest BCUT2D eigenvalue weighted by Gasteiger charge is 2.34. The van der Waals surface area contributed by atoms with Crippen molar-refractivity contribution < 1.29 is 23.9 Å². The third-order valence-electron chi connectivity index (χ3n) is 4.96. The van der Waals surface area contributed by atoms with Crippen molar-refractivity contribution in [3.8, 4) is 11.5 Å². The van der Waals surface area contributed by atoms with Crippen molar-refractivity contribution in [1.82, 2.24) is 10.2 Å². The minimum absolute atomic E-state index is 0.0876. The molecule has 1 heterocycles. The molecule has 29 heavy (non-hydrogen) atoms. The zero-order valence-electron chi connectivity index (χ0n) is 16.5. The second-order valence-corrected chi connectivity index (χ2v) is 6.79. The molecule has 0 saturated carbocycles. The van der Waals surface area contributed by atoms with E-state index in [9.17, 15) is 14.4 Å². The van der Waals surface area contributed by atoms with Gasteiger partial charge in [-0.3, -0.25) is 14.4 Å². The van der Waals surface area contributed by atoms with Crippen molar-refractivity contribution in [3.05, 3.63) is 59.7 Å². The molecule has 1 N–H and O–H groups in total. The van der Waals surface area contributed by atoms with Crippen LogP contribution < -0.4 is 14.8 Å². The van der Waals surface area contributed by atoms with Crippen molar-refractivity contribution in [2.45, 2.75) is 13.0 Å². The van der Waals surface area contributed by atoms with E-state index in [0.717, 1.165) is 5.56 Å². The van der Waals surface area contributed by atoms with Crippen molar-refractivity contribution >= 4 is 17.6 Å². The molecule has 0 spiro atoms. The van der Waals surface area contributed by atoms with Crippen LogP contribution in [0.3, 0.4) is 0 Å². The van der Waals surface area contributed by atoms with Crippen LogP contribution in [0, 0.1) is 5.92 Å². The molecule has 1 unspecified atom stereocenters. The number of methoxy groups -OCH3 is 2. The summed E-state index contributed by atoms with van der Waals surface area (Å²) in [6.45, 7) is 0.659. The van der Waals surface area contributed by atoms with E-state index in [1.54, 1.807) is 55.5 Å². The molecule has 0 bridgehead atoms. The molecule has 1 aliphatic rings. The minimum Gasteiger partial charge on any atom is -0.493 e. The van der Waals surface area contributed by atoms with Gasteiger partial charge in [0.1, 0.15) is 11.7 Å². The summed E-state index contributed by atoms with van der Waals surface area (Å²) < 4.78 is 10.5. The number of likely N-dealkylation sites (tertiary alicyclic amines) is 1. The predicted molar refractivity (Wildman–Crippen MR) is 107 cm³/mol. The standard InChI is InChI=1S/C22H24N2O5/c1-28-19-9-8-15(12-20(19)29-2)13-23-21(26)17-14-24(11-10-18(17)25)22(27)16-6-4-3-5-7-16/h3-9,12,17H,10-11,13-14H2,1-2H3,(H,23,26). The fourth-order valence-corrected chi connectivity index (χ4v) is 3.31. The number of ketones is 1. The number of amides is 2. The van der Waals surface area contributed by atoms with Crippen molar-refractivity contribution in [2.24, 2.45) is 5.92 Å². The number of nitrogens with zero attached hydrogens (tertiary/aromatic N) is 1. The monoisotopic (exact) mass is 396 g/mol. The highest BCUT2D eigenvalue weighted by molar-refractivity contribution is 6.04. The van der Waals surface area contributed by atoms with Crippen LogP contribution in [-0.2, 0) is 16.1 Å². The van der Waals surface area contributed by atoms with Gasteiger partial charge in [0.25, 0.3) is 5.91 Å². The van der Waals surface area contributed by atoms with E-state index in [4.69, 9.17) is 9.47 Å². The Morgan fingerprint density at radius 3 is 2.48 bits per heavy atom. The lowest BCUT2D eigenvalue weighted by Crippen LogP contribution is -2.49. The summed E-state index contributed by atoms with van der Waals surface area (Å²) in [4.78, 5) is 39.1. The van der Waals surface area contributed by atoms with E-state index in [2.05, 4.69) is 5.32 Å². The van der Waals surface area contributed by atoms with Gasteiger partial charge in [-0.05, 0) is 29.8 Å². The van der Waals surface area contributed by atoms with E-state index in [1.807, 2.05) is 12.1 Å². The van der Waals surface area contributed by atoms with Gasteiger partial charge in [0.2, 0.25) is 5.91 Å². The Morgan fingerprint density at radius 2 is 1.79 bits per heavy atom. The molecule has 2 aromatic rings.